The Morgan fingerprint density at radius 2 is 2.12 bits per heavy atom. The minimum Gasteiger partial charge on any atom is -0.478 e. The van der Waals surface area contributed by atoms with Crippen molar-refractivity contribution in [2.75, 3.05) is 19.0 Å². The van der Waals surface area contributed by atoms with E-state index in [0.717, 1.165) is 0 Å². The van der Waals surface area contributed by atoms with Crippen LogP contribution in [0, 0.1) is 6.92 Å². The van der Waals surface area contributed by atoms with Crippen LogP contribution in [-0.4, -0.2) is 30.7 Å². The third kappa shape index (κ3) is 3.88. The molecule has 17 heavy (non-hydrogen) atoms. The van der Waals surface area contributed by atoms with E-state index in [2.05, 4.69) is 5.32 Å². The number of aromatic carboxylic acids is 1. The van der Waals surface area contributed by atoms with E-state index in [-0.39, 0.29) is 17.9 Å². The number of aryl methyl sites for hydroxylation is 1. The first-order chi connectivity index (χ1) is 8.04. The number of hydrogen-bond acceptors (Lipinski definition) is 3. The molecule has 0 spiro atoms. The van der Waals surface area contributed by atoms with Crippen molar-refractivity contribution >= 4 is 17.6 Å². The number of carboxylic acids is 1. The minimum atomic E-state index is -0.972. The summed E-state index contributed by atoms with van der Waals surface area (Å²) in [6, 6.07) is 4.68. The molecule has 5 nitrogen and oxygen atoms in total. The summed E-state index contributed by atoms with van der Waals surface area (Å²) in [5.41, 5.74) is 1.44. The fraction of sp³-hybridized carbons (Fsp3) is 0.333. The number of methoxy groups -OCH3 is 1. The molecule has 2 N–H and O–H groups in total. The van der Waals surface area contributed by atoms with Gasteiger partial charge in [0.25, 0.3) is 0 Å². The number of carboxylic acid groups (broad SMARTS) is 1. The second-order valence-corrected chi connectivity index (χ2v) is 3.63. The van der Waals surface area contributed by atoms with Gasteiger partial charge in [0.15, 0.2) is 0 Å². The molecule has 0 aliphatic heterocycles. The number of hydrogen-bond donors (Lipinski definition) is 2. The van der Waals surface area contributed by atoms with Crippen molar-refractivity contribution < 1.29 is 19.4 Å². The highest BCUT2D eigenvalue weighted by Gasteiger charge is 2.08. The van der Waals surface area contributed by atoms with Gasteiger partial charge >= 0.3 is 5.97 Å². The predicted octanol–water partition coefficient (Wildman–Crippen LogP) is 1.67. The number of rotatable bonds is 5. The number of anilines is 1. The summed E-state index contributed by atoms with van der Waals surface area (Å²) < 4.78 is 4.79. The number of amides is 1. The molecule has 0 aliphatic carbocycles. The quantitative estimate of drug-likeness (QED) is 0.816. The summed E-state index contributed by atoms with van der Waals surface area (Å²) in [6.07, 6.45) is 0.274. The van der Waals surface area contributed by atoms with Crippen LogP contribution in [-0.2, 0) is 9.53 Å². The van der Waals surface area contributed by atoms with Crippen LogP contribution in [0.2, 0.25) is 0 Å². The van der Waals surface area contributed by atoms with Crippen molar-refractivity contribution in [1.29, 1.82) is 0 Å². The van der Waals surface area contributed by atoms with Crippen LogP contribution in [0.4, 0.5) is 5.69 Å². The highest BCUT2D eigenvalue weighted by atomic mass is 16.5. The highest BCUT2D eigenvalue weighted by Crippen LogP contribution is 2.15. The van der Waals surface area contributed by atoms with Gasteiger partial charge < -0.3 is 15.2 Å². The summed E-state index contributed by atoms with van der Waals surface area (Å²) in [5, 5.41) is 11.5. The van der Waals surface area contributed by atoms with Crippen molar-refractivity contribution in [1.82, 2.24) is 0 Å². The van der Waals surface area contributed by atoms with E-state index >= 15 is 0 Å². The third-order valence-electron chi connectivity index (χ3n) is 2.27. The predicted molar refractivity (Wildman–Crippen MR) is 63.3 cm³/mol. The molecule has 5 heteroatoms. The van der Waals surface area contributed by atoms with E-state index < -0.39 is 5.97 Å². The maximum atomic E-state index is 11.4. The lowest BCUT2D eigenvalue weighted by atomic mass is 10.1. The molecule has 0 saturated heterocycles. The molecule has 1 rings (SSSR count). The number of nitrogens with one attached hydrogen (secondary N) is 1. The van der Waals surface area contributed by atoms with Gasteiger partial charge in [0.2, 0.25) is 5.91 Å². The average molecular weight is 237 g/mol. The summed E-state index contributed by atoms with van der Waals surface area (Å²) in [7, 11) is 1.53. The van der Waals surface area contributed by atoms with Crippen molar-refractivity contribution in [3.63, 3.8) is 0 Å². The number of ether oxygens (including phenoxy) is 1. The number of carbonyl (C=O) groups is 2. The van der Waals surface area contributed by atoms with E-state index in [1.54, 1.807) is 19.1 Å². The van der Waals surface area contributed by atoms with Gasteiger partial charge in [-0.2, -0.15) is 0 Å². The van der Waals surface area contributed by atoms with E-state index in [1.165, 1.54) is 13.2 Å². The van der Waals surface area contributed by atoms with Crippen molar-refractivity contribution in [3.8, 4) is 0 Å². The maximum Gasteiger partial charge on any atom is 0.335 e. The lowest BCUT2D eigenvalue weighted by Gasteiger charge is -2.07. The van der Waals surface area contributed by atoms with Crippen molar-refractivity contribution in [3.05, 3.63) is 29.3 Å². The monoisotopic (exact) mass is 237 g/mol. The van der Waals surface area contributed by atoms with Gasteiger partial charge in [-0.25, -0.2) is 4.79 Å². The van der Waals surface area contributed by atoms with E-state index in [1.807, 2.05) is 0 Å². The average Bonchev–Trinajstić information content (AvgIpc) is 2.26. The molecule has 1 amide bonds. The largest absolute Gasteiger partial charge is 0.478 e. The fourth-order valence-electron chi connectivity index (χ4n) is 1.40. The minimum absolute atomic E-state index is 0.158. The molecule has 1 aromatic carbocycles. The summed E-state index contributed by atoms with van der Waals surface area (Å²) in [4.78, 5) is 22.2. The Hall–Kier alpha value is -1.88. The van der Waals surface area contributed by atoms with Crippen LogP contribution in [0.5, 0.6) is 0 Å². The highest BCUT2D eigenvalue weighted by molar-refractivity contribution is 5.93. The summed E-state index contributed by atoms with van der Waals surface area (Å²) >= 11 is 0. The molecule has 1 aromatic rings. The second-order valence-electron chi connectivity index (χ2n) is 3.63. The number of carbonyl (C=O) groups excluding carboxylic acids is 1. The molecular weight excluding hydrogens is 222 g/mol. The standard InChI is InChI=1S/C12H15NO4/c1-8-7-9(3-4-10(8)12(15)16)13-11(14)5-6-17-2/h3-4,7H,5-6H2,1-2H3,(H,13,14)(H,15,16). The lowest BCUT2D eigenvalue weighted by molar-refractivity contribution is -0.117. The first-order valence-electron chi connectivity index (χ1n) is 5.17. The third-order valence-corrected chi connectivity index (χ3v) is 2.27. The first-order valence-corrected chi connectivity index (χ1v) is 5.17. The van der Waals surface area contributed by atoms with Gasteiger partial charge in [-0.05, 0) is 30.7 Å². The van der Waals surface area contributed by atoms with Gasteiger partial charge in [-0.3, -0.25) is 4.79 Å². The van der Waals surface area contributed by atoms with E-state index in [9.17, 15) is 9.59 Å². The molecule has 0 atom stereocenters. The topological polar surface area (TPSA) is 75.6 Å². The Bertz CT molecular complexity index is 429. The summed E-state index contributed by atoms with van der Waals surface area (Å²) in [5.74, 6) is -1.13. The van der Waals surface area contributed by atoms with E-state index in [0.29, 0.717) is 17.9 Å². The SMILES string of the molecule is COCCC(=O)Nc1ccc(C(=O)O)c(C)c1. The van der Waals surface area contributed by atoms with Crippen LogP contribution in [0.1, 0.15) is 22.3 Å². The molecule has 0 bridgehead atoms. The van der Waals surface area contributed by atoms with Crippen LogP contribution >= 0.6 is 0 Å². The van der Waals surface area contributed by atoms with Gasteiger partial charge in [0.1, 0.15) is 0 Å². The number of benzene rings is 1. The lowest BCUT2D eigenvalue weighted by Crippen LogP contribution is -2.14. The maximum absolute atomic E-state index is 11.4. The Balaban J connectivity index is 2.70. The summed E-state index contributed by atoms with van der Waals surface area (Å²) in [6.45, 7) is 2.05. The zero-order valence-electron chi connectivity index (χ0n) is 9.82. The molecule has 0 heterocycles. The molecular formula is C12H15NO4. The molecule has 0 fully saturated rings. The van der Waals surface area contributed by atoms with Crippen LogP contribution in [0.15, 0.2) is 18.2 Å². The smallest absolute Gasteiger partial charge is 0.335 e. The van der Waals surface area contributed by atoms with Gasteiger partial charge in [-0.1, -0.05) is 0 Å². The van der Waals surface area contributed by atoms with Crippen molar-refractivity contribution in [2.45, 2.75) is 13.3 Å². The normalized spacial score (nSPS) is 10.0. The molecule has 0 unspecified atom stereocenters. The Morgan fingerprint density at radius 3 is 2.65 bits per heavy atom. The van der Waals surface area contributed by atoms with Crippen LogP contribution in [0.25, 0.3) is 0 Å². The van der Waals surface area contributed by atoms with Gasteiger partial charge in [-0.15, -0.1) is 0 Å². The molecule has 0 aromatic heterocycles. The Kier molecular flexibility index (Phi) is 4.66. The second kappa shape index (κ2) is 6.00. The first kappa shape index (κ1) is 13.2. The van der Waals surface area contributed by atoms with Gasteiger partial charge in [0, 0.05) is 12.8 Å². The molecule has 92 valence electrons. The van der Waals surface area contributed by atoms with Crippen LogP contribution in [0.3, 0.4) is 0 Å². The van der Waals surface area contributed by atoms with Gasteiger partial charge in [0.05, 0.1) is 18.6 Å². The zero-order valence-corrected chi connectivity index (χ0v) is 9.82. The van der Waals surface area contributed by atoms with Crippen molar-refractivity contribution in [2.24, 2.45) is 0 Å². The Morgan fingerprint density at radius 1 is 1.41 bits per heavy atom. The zero-order chi connectivity index (χ0) is 12.8. The molecule has 0 aliphatic rings. The van der Waals surface area contributed by atoms with Crippen LogP contribution < -0.4 is 5.32 Å². The molecule has 0 radical (unpaired) electrons. The molecule has 0 saturated carbocycles. The Labute approximate surface area is 99.4 Å². The van der Waals surface area contributed by atoms with E-state index in [4.69, 9.17) is 9.84 Å². The fourth-order valence-corrected chi connectivity index (χ4v) is 1.40.